The molecule has 0 aromatic carbocycles. The van der Waals surface area contributed by atoms with Gasteiger partial charge in [0.1, 0.15) is 0 Å². The number of rotatable bonds is 7. The van der Waals surface area contributed by atoms with Crippen molar-refractivity contribution in [1.29, 1.82) is 0 Å². The minimum absolute atomic E-state index is 0.182. The number of likely N-dealkylation sites (tertiary alicyclic amines) is 1. The lowest BCUT2D eigenvalue weighted by Gasteiger charge is -2.40. The molecule has 0 aromatic rings. The fourth-order valence-electron chi connectivity index (χ4n) is 3.89. The molecule has 3 N–H and O–H groups in total. The predicted molar refractivity (Wildman–Crippen MR) is 82.3 cm³/mol. The van der Waals surface area contributed by atoms with Crippen LogP contribution < -0.4 is 5.32 Å². The summed E-state index contributed by atoms with van der Waals surface area (Å²) in [5.74, 6) is -0.270. The number of hydrogen-bond acceptors (Lipinski definition) is 4. The molecule has 1 saturated carbocycles. The summed E-state index contributed by atoms with van der Waals surface area (Å²) in [4.78, 5) is 13.1. The van der Waals surface area contributed by atoms with E-state index in [9.17, 15) is 9.90 Å². The molecule has 5 nitrogen and oxygen atoms in total. The third-order valence-corrected chi connectivity index (χ3v) is 4.87. The minimum Gasteiger partial charge on any atom is -0.481 e. The largest absolute Gasteiger partial charge is 0.481 e. The molecule has 0 radical (unpaired) electrons. The maximum absolute atomic E-state index is 10.8. The Morgan fingerprint density at radius 2 is 1.90 bits per heavy atom. The maximum atomic E-state index is 10.8. The van der Waals surface area contributed by atoms with Crippen LogP contribution in [0.1, 0.15) is 51.4 Å². The Morgan fingerprint density at radius 1 is 1.14 bits per heavy atom. The molecule has 2 fully saturated rings. The van der Waals surface area contributed by atoms with Gasteiger partial charge in [-0.2, -0.15) is 0 Å². The van der Waals surface area contributed by atoms with Gasteiger partial charge >= 0.3 is 5.97 Å². The first-order valence-corrected chi connectivity index (χ1v) is 8.48. The van der Waals surface area contributed by atoms with E-state index in [0.717, 1.165) is 25.9 Å². The van der Waals surface area contributed by atoms with Gasteiger partial charge in [-0.05, 0) is 31.6 Å². The summed E-state index contributed by atoms with van der Waals surface area (Å²) < 4.78 is 0. The van der Waals surface area contributed by atoms with Crippen molar-refractivity contribution in [2.75, 3.05) is 26.2 Å². The molecular formula is C16H30N2O3. The zero-order valence-corrected chi connectivity index (χ0v) is 13.0. The van der Waals surface area contributed by atoms with Crippen molar-refractivity contribution in [1.82, 2.24) is 10.2 Å². The van der Waals surface area contributed by atoms with Crippen LogP contribution in [0.3, 0.4) is 0 Å². The van der Waals surface area contributed by atoms with E-state index in [-0.39, 0.29) is 13.0 Å². The Hall–Kier alpha value is -0.650. The van der Waals surface area contributed by atoms with Crippen LogP contribution in [0.15, 0.2) is 0 Å². The van der Waals surface area contributed by atoms with Gasteiger partial charge in [-0.3, -0.25) is 9.69 Å². The van der Waals surface area contributed by atoms with Gasteiger partial charge in [-0.15, -0.1) is 0 Å². The van der Waals surface area contributed by atoms with Crippen molar-refractivity contribution in [3.05, 3.63) is 0 Å². The van der Waals surface area contributed by atoms with Crippen molar-refractivity contribution in [3.8, 4) is 0 Å². The Morgan fingerprint density at radius 3 is 2.57 bits per heavy atom. The van der Waals surface area contributed by atoms with Crippen LogP contribution >= 0.6 is 0 Å². The number of carbonyl (C=O) groups is 1. The van der Waals surface area contributed by atoms with Crippen molar-refractivity contribution < 1.29 is 15.0 Å². The number of aliphatic carboxylic acids is 1. The van der Waals surface area contributed by atoms with E-state index in [1.54, 1.807) is 0 Å². The lowest BCUT2D eigenvalue weighted by Crippen LogP contribution is -2.52. The Labute approximate surface area is 127 Å². The standard InChI is InChI=1S/C16H30N2O3/c19-9-8-18-11-13(6-7-16(20)21)10-15(12-18)17-14-4-2-1-3-5-14/h13-15,17,19H,1-12H2,(H,20,21). The average Bonchev–Trinajstić information content (AvgIpc) is 2.46. The number of piperidine rings is 1. The van der Waals surface area contributed by atoms with E-state index in [2.05, 4.69) is 10.2 Å². The average molecular weight is 298 g/mol. The summed E-state index contributed by atoms with van der Waals surface area (Å²) >= 11 is 0. The Kier molecular flexibility index (Phi) is 6.93. The highest BCUT2D eigenvalue weighted by Gasteiger charge is 2.28. The van der Waals surface area contributed by atoms with Gasteiger partial charge in [-0.25, -0.2) is 0 Å². The van der Waals surface area contributed by atoms with Crippen molar-refractivity contribution in [3.63, 3.8) is 0 Å². The quantitative estimate of drug-likeness (QED) is 0.663. The molecule has 1 saturated heterocycles. The number of aliphatic hydroxyl groups excluding tert-OH is 1. The Balaban J connectivity index is 1.84. The normalized spacial score (nSPS) is 28.6. The molecule has 5 heteroatoms. The van der Waals surface area contributed by atoms with Crippen LogP contribution in [-0.4, -0.2) is 59.4 Å². The second-order valence-electron chi connectivity index (χ2n) is 6.72. The lowest BCUT2D eigenvalue weighted by molar-refractivity contribution is -0.137. The highest BCUT2D eigenvalue weighted by atomic mass is 16.4. The monoisotopic (exact) mass is 298 g/mol. The predicted octanol–water partition coefficient (Wildman–Crippen LogP) is 1.46. The zero-order valence-electron chi connectivity index (χ0n) is 13.0. The topological polar surface area (TPSA) is 72.8 Å². The van der Waals surface area contributed by atoms with E-state index in [4.69, 9.17) is 5.11 Å². The molecule has 1 heterocycles. The fraction of sp³-hybridized carbons (Fsp3) is 0.938. The molecule has 2 aliphatic rings. The van der Waals surface area contributed by atoms with Gasteiger partial charge in [-0.1, -0.05) is 19.3 Å². The molecule has 0 spiro atoms. The first-order chi connectivity index (χ1) is 10.2. The fourth-order valence-corrected chi connectivity index (χ4v) is 3.89. The maximum Gasteiger partial charge on any atom is 0.303 e. The molecule has 122 valence electrons. The first-order valence-electron chi connectivity index (χ1n) is 8.48. The van der Waals surface area contributed by atoms with Crippen LogP contribution in [0.5, 0.6) is 0 Å². The molecular weight excluding hydrogens is 268 g/mol. The summed E-state index contributed by atoms with van der Waals surface area (Å²) in [5.41, 5.74) is 0. The van der Waals surface area contributed by atoms with Gasteiger partial charge in [0.05, 0.1) is 6.61 Å². The molecule has 2 atom stereocenters. The van der Waals surface area contributed by atoms with E-state index in [1.165, 1.54) is 32.1 Å². The second kappa shape index (κ2) is 8.71. The number of aliphatic hydroxyl groups is 1. The minimum atomic E-state index is -0.703. The number of carboxylic acid groups (broad SMARTS) is 1. The number of hydrogen-bond donors (Lipinski definition) is 3. The molecule has 2 unspecified atom stereocenters. The zero-order chi connectivity index (χ0) is 15.1. The van der Waals surface area contributed by atoms with Gasteiger partial charge < -0.3 is 15.5 Å². The first kappa shape index (κ1) is 16.7. The number of carboxylic acids is 1. The van der Waals surface area contributed by atoms with E-state index < -0.39 is 5.97 Å². The summed E-state index contributed by atoms with van der Waals surface area (Å²) in [7, 11) is 0. The van der Waals surface area contributed by atoms with Crippen LogP contribution in [-0.2, 0) is 4.79 Å². The number of nitrogens with zero attached hydrogens (tertiary/aromatic N) is 1. The third-order valence-electron chi connectivity index (χ3n) is 4.87. The van der Waals surface area contributed by atoms with Crippen LogP contribution in [0.25, 0.3) is 0 Å². The summed E-state index contributed by atoms with van der Waals surface area (Å²) in [6, 6.07) is 1.09. The van der Waals surface area contributed by atoms with Crippen molar-refractivity contribution in [2.45, 2.75) is 63.5 Å². The van der Waals surface area contributed by atoms with Crippen molar-refractivity contribution in [2.24, 2.45) is 5.92 Å². The van der Waals surface area contributed by atoms with Gasteiger partial charge in [0, 0.05) is 38.1 Å². The van der Waals surface area contributed by atoms with Gasteiger partial charge in [0.2, 0.25) is 0 Å². The molecule has 0 amide bonds. The van der Waals surface area contributed by atoms with Crippen LogP contribution in [0.4, 0.5) is 0 Å². The molecule has 0 bridgehead atoms. The highest BCUT2D eigenvalue weighted by molar-refractivity contribution is 5.66. The number of β-amino-alcohol motifs (C(OH)–C–C–N with tert-alkyl or cyclic N) is 1. The smallest absolute Gasteiger partial charge is 0.303 e. The van der Waals surface area contributed by atoms with E-state index in [1.807, 2.05) is 0 Å². The lowest BCUT2D eigenvalue weighted by atomic mass is 9.88. The molecule has 2 rings (SSSR count). The van der Waals surface area contributed by atoms with Gasteiger partial charge in [0.25, 0.3) is 0 Å². The summed E-state index contributed by atoms with van der Waals surface area (Å²) in [5, 5.41) is 21.8. The van der Waals surface area contributed by atoms with Crippen molar-refractivity contribution >= 4 is 5.97 Å². The van der Waals surface area contributed by atoms with Crippen LogP contribution in [0.2, 0.25) is 0 Å². The number of nitrogens with one attached hydrogen (secondary N) is 1. The third kappa shape index (κ3) is 5.93. The summed E-state index contributed by atoms with van der Waals surface area (Å²) in [6.07, 6.45) is 8.65. The van der Waals surface area contributed by atoms with E-state index >= 15 is 0 Å². The Bertz CT molecular complexity index is 319. The molecule has 21 heavy (non-hydrogen) atoms. The SMILES string of the molecule is O=C(O)CCC1CC(NC2CCCCC2)CN(CCO)C1. The van der Waals surface area contributed by atoms with E-state index in [0.29, 0.717) is 24.5 Å². The molecule has 1 aliphatic carbocycles. The molecule has 0 aromatic heterocycles. The van der Waals surface area contributed by atoms with Crippen LogP contribution in [0, 0.1) is 5.92 Å². The summed E-state index contributed by atoms with van der Waals surface area (Å²) in [6.45, 7) is 2.80. The molecule has 1 aliphatic heterocycles. The highest BCUT2D eigenvalue weighted by Crippen LogP contribution is 2.24. The second-order valence-corrected chi connectivity index (χ2v) is 6.72. The van der Waals surface area contributed by atoms with Gasteiger partial charge in [0.15, 0.2) is 0 Å².